The highest BCUT2D eigenvalue weighted by Crippen LogP contribution is 2.25. The summed E-state index contributed by atoms with van der Waals surface area (Å²) >= 11 is 5.85. The predicted octanol–water partition coefficient (Wildman–Crippen LogP) is 2.67. The van der Waals surface area contributed by atoms with Gasteiger partial charge in [-0.05, 0) is 31.7 Å². The van der Waals surface area contributed by atoms with Gasteiger partial charge in [0.05, 0.1) is 5.88 Å². The Morgan fingerprint density at radius 3 is 2.47 bits per heavy atom. The lowest BCUT2D eigenvalue weighted by Gasteiger charge is -2.29. The quantitative estimate of drug-likeness (QED) is 0.803. The van der Waals surface area contributed by atoms with Crippen molar-refractivity contribution in [2.45, 2.75) is 44.0 Å². The van der Waals surface area contributed by atoms with Crippen molar-refractivity contribution in [2.75, 3.05) is 13.1 Å². The van der Waals surface area contributed by atoms with Crippen molar-refractivity contribution in [2.24, 2.45) is 5.92 Å². The highest BCUT2D eigenvalue weighted by Gasteiger charge is 2.29. The number of piperidine rings is 1. The van der Waals surface area contributed by atoms with E-state index in [-0.39, 0.29) is 0 Å². The normalized spacial score (nSPS) is 18.9. The summed E-state index contributed by atoms with van der Waals surface area (Å²) in [6, 6.07) is 1.70. The zero-order valence-electron chi connectivity index (χ0n) is 11.5. The van der Waals surface area contributed by atoms with Crippen LogP contribution in [0.25, 0.3) is 0 Å². The summed E-state index contributed by atoms with van der Waals surface area (Å²) in [6.07, 6.45) is 3.58. The van der Waals surface area contributed by atoms with Crippen molar-refractivity contribution >= 4 is 21.6 Å². The molecule has 1 aliphatic rings. The lowest BCUT2D eigenvalue weighted by molar-refractivity contribution is 0.288. The Bertz CT molecular complexity index is 509. The van der Waals surface area contributed by atoms with Crippen LogP contribution in [-0.2, 0) is 22.4 Å². The van der Waals surface area contributed by atoms with E-state index in [1.807, 2.05) is 11.5 Å². The largest absolute Gasteiger partial charge is 0.349 e. The average molecular weight is 305 g/mol. The second-order valence-corrected chi connectivity index (χ2v) is 7.38. The summed E-state index contributed by atoms with van der Waals surface area (Å²) in [7, 11) is -3.35. The van der Waals surface area contributed by atoms with Gasteiger partial charge in [0.2, 0.25) is 10.0 Å². The Kier molecular flexibility index (Phi) is 4.58. The van der Waals surface area contributed by atoms with Gasteiger partial charge in [0, 0.05) is 31.5 Å². The molecule has 6 heteroatoms. The van der Waals surface area contributed by atoms with Crippen LogP contribution >= 0.6 is 11.6 Å². The monoisotopic (exact) mass is 304 g/mol. The molecule has 1 aromatic rings. The Balaban J connectivity index is 2.26. The number of sulfonamides is 1. The first-order chi connectivity index (χ1) is 8.98. The third-order valence-electron chi connectivity index (χ3n) is 3.82. The first-order valence-corrected chi connectivity index (χ1v) is 8.71. The van der Waals surface area contributed by atoms with E-state index >= 15 is 0 Å². The molecule has 1 aromatic heterocycles. The lowest BCUT2D eigenvalue weighted by Crippen LogP contribution is -2.37. The lowest BCUT2D eigenvalue weighted by atomic mass is 10.0. The fourth-order valence-electron chi connectivity index (χ4n) is 2.45. The van der Waals surface area contributed by atoms with E-state index in [1.165, 1.54) is 0 Å². The Morgan fingerprint density at radius 1 is 1.37 bits per heavy atom. The molecule has 0 radical (unpaired) electrons. The van der Waals surface area contributed by atoms with E-state index in [1.54, 1.807) is 16.6 Å². The summed E-state index contributed by atoms with van der Waals surface area (Å²) in [5, 5.41) is 0. The van der Waals surface area contributed by atoms with Crippen LogP contribution in [0.15, 0.2) is 17.2 Å². The number of rotatable bonds is 4. The van der Waals surface area contributed by atoms with Gasteiger partial charge in [0.15, 0.2) is 0 Å². The number of aromatic nitrogens is 1. The first kappa shape index (κ1) is 14.9. The third-order valence-corrected chi connectivity index (χ3v) is 5.96. The highest BCUT2D eigenvalue weighted by molar-refractivity contribution is 7.89. The highest BCUT2D eigenvalue weighted by atomic mass is 35.5. The molecule has 0 N–H and O–H groups in total. The average Bonchev–Trinajstić information content (AvgIpc) is 2.83. The maximum Gasteiger partial charge on any atom is 0.244 e. The van der Waals surface area contributed by atoms with E-state index in [0.29, 0.717) is 29.8 Å². The number of hydrogen-bond donors (Lipinski definition) is 0. The molecular formula is C13H21ClN2O2S. The molecule has 0 atom stereocenters. The molecule has 1 saturated heterocycles. The maximum absolute atomic E-state index is 12.6. The van der Waals surface area contributed by atoms with Gasteiger partial charge in [-0.15, -0.1) is 11.6 Å². The Morgan fingerprint density at radius 2 is 2.00 bits per heavy atom. The van der Waals surface area contributed by atoms with E-state index < -0.39 is 10.0 Å². The summed E-state index contributed by atoms with van der Waals surface area (Å²) in [6.45, 7) is 6.13. The SMILES string of the molecule is CCn1cc(S(=O)(=O)N2CCC(C)CC2)cc1CCl. The molecule has 0 amide bonds. The fraction of sp³-hybridized carbons (Fsp3) is 0.692. The molecule has 0 saturated carbocycles. The third kappa shape index (κ3) is 2.98. The molecule has 0 unspecified atom stereocenters. The van der Waals surface area contributed by atoms with Gasteiger partial charge >= 0.3 is 0 Å². The van der Waals surface area contributed by atoms with Gasteiger partial charge in [-0.25, -0.2) is 8.42 Å². The van der Waals surface area contributed by atoms with Crippen LogP contribution in [0.2, 0.25) is 0 Å². The number of aryl methyl sites for hydroxylation is 1. The van der Waals surface area contributed by atoms with E-state index in [4.69, 9.17) is 11.6 Å². The summed E-state index contributed by atoms with van der Waals surface area (Å²) in [4.78, 5) is 0.375. The molecule has 108 valence electrons. The second-order valence-electron chi connectivity index (χ2n) is 5.17. The van der Waals surface area contributed by atoms with Crippen molar-refractivity contribution < 1.29 is 8.42 Å². The molecule has 4 nitrogen and oxygen atoms in total. The van der Waals surface area contributed by atoms with Crippen LogP contribution in [0, 0.1) is 5.92 Å². The number of hydrogen-bond acceptors (Lipinski definition) is 2. The Labute approximate surface area is 120 Å². The molecule has 2 heterocycles. The minimum Gasteiger partial charge on any atom is -0.349 e. The Hall–Kier alpha value is -0.520. The molecule has 0 aromatic carbocycles. The van der Waals surface area contributed by atoms with Crippen molar-refractivity contribution in [1.82, 2.24) is 8.87 Å². The first-order valence-electron chi connectivity index (χ1n) is 6.74. The smallest absolute Gasteiger partial charge is 0.244 e. The fourth-order valence-corrected chi connectivity index (χ4v) is 4.21. The van der Waals surface area contributed by atoms with Gasteiger partial charge in [0.25, 0.3) is 0 Å². The zero-order valence-corrected chi connectivity index (χ0v) is 13.0. The number of halogens is 1. The van der Waals surface area contributed by atoms with Crippen LogP contribution in [0.3, 0.4) is 0 Å². The van der Waals surface area contributed by atoms with Crippen LogP contribution in [0.1, 0.15) is 32.4 Å². The second kappa shape index (κ2) is 5.85. The maximum atomic E-state index is 12.6. The number of nitrogens with zero attached hydrogens (tertiary/aromatic N) is 2. The minimum absolute atomic E-state index is 0.334. The molecule has 2 rings (SSSR count). The van der Waals surface area contributed by atoms with E-state index in [0.717, 1.165) is 25.1 Å². The molecule has 1 fully saturated rings. The summed E-state index contributed by atoms with van der Waals surface area (Å²) in [5.74, 6) is 0.950. The molecular weight excluding hydrogens is 284 g/mol. The standard InChI is InChI=1S/C13H21ClN2O2S/c1-3-15-10-13(8-12(15)9-14)19(17,18)16-6-4-11(2)5-7-16/h8,10-11H,3-7,9H2,1-2H3. The molecule has 19 heavy (non-hydrogen) atoms. The minimum atomic E-state index is -3.35. The van der Waals surface area contributed by atoms with Crippen molar-refractivity contribution in [1.29, 1.82) is 0 Å². The summed E-state index contributed by atoms with van der Waals surface area (Å²) in [5.41, 5.74) is 0.855. The van der Waals surface area contributed by atoms with E-state index in [9.17, 15) is 8.42 Å². The van der Waals surface area contributed by atoms with Gasteiger partial charge in [-0.3, -0.25) is 0 Å². The van der Waals surface area contributed by atoms with Gasteiger partial charge in [0.1, 0.15) is 4.90 Å². The van der Waals surface area contributed by atoms with Gasteiger partial charge in [-0.1, -0.05) is 6.92 Å². The van der Waals surface area contributed by atoms with Crippen LogP contribution in [0.5, 0.6) is 0 Å². The molecule has 0 bridgehead atoms. The van der Waals surface area contributed by atoms with Gasteiger partial charge in [-0.2, -0.15) is 4.31 Å². The van der Waals surface area contributed by atoms with Gasteiger partial charge < -0.3 is 4.57 Å². The van der Waals surface area contributed by atoms with Crippen molar-refractivity contribution in [3.63, 3.8) is 0 Å². The van der Waals surface area contributed by atoms with Crippen molar-refractivity contribution in [3.8, 4) is 0 Å². The molecule has 1 aliphatic heterocycles. The molecule has 0 spiro atoms. The van der Waals surface area contributed by atoms with Crippen LogP contribution in [-0.4, -0.2) is 30.4 Å². The summed E-state index contributed by atoms with van der Waals surface area (Å²) < 4.78 is 28.6. The van der Waals surface area contributed by atoms with Crippen LogP contribution in [0.4, 0.5) is 0 Å². The molecule has 0 aliphatic carbocycles. The predicted molar refractivity (Wildman–Crippen MR) is 76.8 cm³/mol. The zero-order chi connectivity index (χ0) is 14.0. The topological polar surface area (TPSA) is 42.3 Å². The number of alkyl halides is 1. The van der Waals surface area contributed by atoms with E-state index in [2.05, 4.69) is 6.92 Å². The van der Waals surface area contributed by atoms with Crippen LogP contribution < -0.4 is 0 Å². The van der Waals surface area contributed by atoms with Crippen molar-refractivity contribution in [3.05, 3.63) is 18.0 Å².